The van der Waals surface area contributed by atoms with Crippen LogP contribution in [-0.4, -0.2) is 54.1 Å². The molecular formula is C33H35N3O7. The number of nitrogens with zero attached hydrogens (tertiary/aromatic N) is 1. The third-order valence-corrected chi connectivity index (χ3v) is 7.09. The van der Waals surface area contributed by atoms with Gasteiger partial charge in [-0.3, -0.25) is 4.79 Å². The molecule has 10 heteroatoms. The zero-order valence-electron chi connectivity index (χ0n) is 23.8. The highest BCUT2D eigenvalue weighted by molar-refractivity contribution is 5.90. The molecule has 0 bridgehead atoms. The SMILES string of the molecule is C=CC[C@H]1CN(C(=O)CNC(=O)OCc2ccccc2)C[C@@]1(NC(=O)OCc1ccccc1)C(=O)OCc1ccccc1. The summed E-state index contributed by atoms with van der Waals surface area (Å²) in [7, 11) is 0. The number of hydrogen-bond donors (Lipinski definition) is 2. The summed E-state index contributed by atoms with van der Waals surface area (Å²) in [5.74, 6) is -1.72. The van der Waals surface area contributed by atoms with Gasteiger partial charge in [0.2, 0.25) is 5.91 Å². The fraction of sp³-hybridized carbons (Fsp3) is 0.273. The lowest BCUT2D eigenvalue weighted by molar-refractivity contribution is -0.154. The number of ether oxygens (including phenoxy) is 3. The minimum atomic E-state index is -1.61. The number of carbonyl (C=O) groups is 4. The summed E-state index contributed by atoms with van der Waals surface area (Å²) in [6, 6.07) is 27.4. The molecule has 1 aliphatic rings. The van der Waals surface area contributed by atoms with Gasteiger partial charge in [0, 0.05) is 12.5 Å². The van der Waals surface area contributed by atoms with Crippen LogP contribution in [0.25, 0.3) is 0 Å². The first-order valence-electron chi connectivity index (χ1n) is 13.9. The Labute approximate surface area is 250 Å². The predicted octanol–water partition coefficient (Wildman–Crippen LogP) is 4.36. The monoisotopic (exact) mass is 585 g/mol. The highest BCUT2D eigenvalue weighted by Gasteiger charge is 2.55. The van der Waals surface area contributed by atoms with Gasteiger partial charge in [0.25, 0.3) is 0 Å². The number of amides is 3. The smallest absolute Gasteiger partial charge is 0.408 e. The van der Waals surface area contributed by atoms with Gasteiger partial charge in [0.1, 0.15) is 26.4 Å². The van der Waals surface area contributed by atoms with Crippen molar-refractivity contribution in [3.63, 3.8) is 0 Å². The summed E-state index contributed by atoms with van der Waals surface area (Å²) < 4.78 is 16.3. The Morgan fingerprint density at radius 3 is 1.77 bits per heavy atom. The van der Waals surface area contributed by atoms with E-state index >= 15 is 0 Å². The van der Waals surface area contributed by atoms with Gasteiger partial charge in [-0.1, -0.05) is 97.1 Å². The van der Waals surface area contributed by atoms with Gasteiger partial charge in [0.05, 0.1) is 6.54 Å². The maximum absolute atomic E-state index is 13.7. The first kappa shape index (κ1) is 30.8. The molecule has 3 amide bonds. The molecular weight excluding hydrogens is 550 g/mol. The zero-order chi connectivity index (χ0) is 30.5. The highest BCUT2D eigenvalue weighted by atomic mass is 16.6. The first-order valence-corrected chi connectivity index (χ1v) is 13.9. The van der Waals surface area contributed by atoms with Crippen molar-refractivity contribution >= 4 is 24.1 Å². The number of esters is 1. The second-order valence-corrected chi connectivity index (χ2v) is 10.1. The van der Waals surface area contributed by atoms with Gasteiger partial charge in [-0.15, -0.1) is 6.58 Å². The van der Waals surface area contributed by atoms with E-state index in [9.17, 15) is 19.2 Å². The largest absolute Gasteiger partial charge is 0.459 e. The van der Waals surface area contributed by atoms with Gasteiger partial charge in [-0.2, -0.15) is 0 Å². The van der Waals surface area contributed by atoms with E-state index in [0.29, 0.717) is 6.42 Å². The number of hydrogen-bond acceptors (Lipinski definition) is 7. The Morgan fingerprint density at radius 1 is 0.767 bits per heavy atom. The maximum Gasteiger partial charge on any atom is 0.408 e. The topological polar surface area (TPSA) is 123 Å². The van der Waals surface area contributed by atoms with Crippen LogP contribution in [0.1, 0.15) is 23.1 Å². The van der Waals surface area contributed by atoms with Gasteiger partial charge in [0.15, 0.2) is 5.54 Å². The lowest BCUT2D eigenvalue weighted by Crippen LogP contribution is -2.61. The average molecular weight is 586 g/mol. The lowest BCUT2D eigenvalue weighted by Gasteiger charge is -2.32. The molecule has 3 aromatic carbocycles. The van der Waals surface area contributed by atoms with Crippen molar-refractivity contribution in [3.05, 3.63) is 120 Å². The van der Waals surface area contributed by atoms with E-state index in [0.717, 1.165) is 16.7 Å². The second-order valence-electron chi connectivity index (χ2n) is 10.1. The van der Waals surface area contributed by atoms with Crippen molar-refractivity contribution in [2.75, 3.05) is 19.6 Å². The van der Waals surface area contributed by atoms with Gasteiger partial charge >= 0.3 is 18.2 Å². The number of likely N-dealkylation sites (tertiary alicyclic amines) is 1. The number of rotatable bonds is 12. The van der Waals surface area contributed by atoms with E-state index in [-0.39, 0.29) is 39.5 Å². The van der Waals surface area contributed by atoms with Crippen molar-refractivity contribution in [1.82, 2.24) is 15.5 Å². The highest BCUT2D eigenvalue weighted by Crippen LogP contribution is 2.33. The first-order chi connectivity index (χ1) is 20.9. The van der Waals surface area contributed by atoms with E-state index in [2.05, 4.69) is 17.2 Å². The van der Waals surface area contributed by atoms with Crippen molar-refractivity contribution in [1.29, 1.82) is 0 Å². The Hall–Kier alpha value is -5.12. The molecule has 1 saturated heterocycles. The second kappa shape index (κ2) is 15.2. The minimum absolute atomic E-state index is 0.00833. The van der Waals surface area contributed by atoms with E-state index in [1.54, 1.807) is 6.08 Å². The van der Waals surface area contributed by atoms with E-state index in [1.165, 1.54) is 4.90 Å². The normalized spacial score (nSPS) is 17.4. The van der Waals surface area contributed by atoms with Crippen LogP contribution in [0.2, 0.25) is 0 Å². The predicted molar refractivity (Wildman–Crippen MR) is 158 cm³/mol. The molecule has 0 radical (unpaired) electrons. The van der Waals surface area contributed by atoms with E-state index in [1.807, 2.05) is 91.0 Å². The van der Waals surface area contributed by atoms with Crippen LogP contribution in [0.15, 0.2) is 104 Å². The summed E-state index contributed by atoms with van der Waals surface area (Å²) in [6.45, 7) is 3.40. The van der Waals surface area contributed by atoms with E-state index < -0.39 is 35.5 Å². The quantitative estimate of drug-likeness (QED) is 0.184. The summed E-state index contributed by atoms with van der Waals surface area (Å²) in [5.41, 5.74) is 0.733. The molecule has 2 N–H and O–H groups in total. The molecule has 3 aromatic rings. The fourth-order valence-corrected chi connectivity index (χ4v) is 4.83. The van der Waals surface area contributed by atoms with Crippen LogP contribution < -0.4 is 10.6 Å². The molecule has 0 spiro atoms. The molecule has 0 aliphatic carbocycles. The number of carbonyl (C=O) groups excluding carboxylic acids is 4. The lowest BCUT2D eigenvalue weighted by atomic mass is 9.84. The fourth-order valence-electron chi connectivity index (χ4n) is 4.83. The molecule has 0 saturated carbocycles. The Bertz CT molecular complexity index is 1390. The van der Waals surface area contributed by atoms with Crippen LogP contribution in [0.4, 0.5) is 9.59 Å². The molecule has 0 unspecified atom stereocenters. The number of allylic oxidation sites excluding steroid dienone is 1. The van der Waals surface area contributed by atoms with Crippen molar-refractivity contribution < 1.29 is 33.4 Å². The molecule has 1 fully saturated rings. The molecule has 224 valence electrons. The summed E-state index contributed by atoms with van der Waals surface area (Å²) in [6.07, 6.45) is 0.339. The van der Waals surface area contributed by atoms with Crippen molar-refractivity contribution in [2.45, 2.75) is 31.8 Å². The molecule has 1 aliphatic heterocycles. The van der Waals surface area contributed by atoms with Crippen LogP contribution in [0.3, 0.4) is 0 Å². The van der Waals surface area contributed by atoms with Crippen LogP contribution in [-0.2, 0) is 43.6 Å². The summed E-state index contributed by atoms with van der Waals surface area (Å²) in [5, 5.41) is 5.19. The average Bonchev–Trinajstić information content (AvgIpc) is 3.41. The van der Waals surface area contributed by atoms with Crippen LogP contribution in [0.5, 0.6) is 0 Å². The number of benzene rings is 3. The van der Waals surface area contributed by atoms with Crippen molar-refractivity contribution in [2.24, 2.45) is 5.92 Å². The molecule has 0 aromatic heterocycles. The Balaban J connectivity index is 1.44. The van der Waals surface area contributed by atoms with Gasteiger partial charge in [-0.25, -0.2) is 14.4 Å². The van der Waals surface area contributed by atoms with Crippen LogP contribution in [0, 0.1) is 5.92 Å². The Morgan fingerprint density at radius 2 is 1.26 bits per heavy atom. The Kier molecular flexibility index (Phi) is 10.9. The third kappa shape index (κ3) is 8.68. The van der Waals surface area contributed by atoms with E-state index in [4.69, 9.17) is 14.2 Å². The maximum atomic E-state index is 13.7. The minimum Gasteiger partial charge on any atom is -0.459 e. The van der Waals surface area contributed by atoms with Gasteiger partial charge in [-0.05, 0) is 23.1 Å². The molecule has 1 heterocycles. The summed E-state index contributed by atoms with van der Waals surface area (Å²) >= 11 is 0. The van der Waals surface area contributed by atoms with Gasteiger partial charge < -0.3 is 29.7 Å². The standard InChI is InChI=1S/C33H35N3O7/c1-2-12-28-20-36(29(37)19-34-31(39)42-22-26-15-8-4-9-16-26)24-33(28,30(38)41-21-25-13-6-3-7-14-25)35-32(40)43-23-27-17-10-5-11-18-27/h2-11,13-18,28H,1,12,19-24H2,(H,34,39)(H,35,40)/t28-,33-/m0/s1. The van der Waals surface area contributed by atoms with Crippen molar-refractivity contribution in [3.8, 4) is 0 Å². The third-order valence-electron chi connectivity index (χ3n) is 7.09. The molecule has 43 heavy (non-hydrogen) atoms. The molecule has 2 atom stereocenters. The number of nitrogens with one attached hydrogen (secondary N) is 2. The molecule has 10 nitrogen and oxygen atoms in total. The molecule has 4 rings (SSSR count). The summed E-state index contributed by atoms with van der Waals surface area (Å²) in [4.78, 5) is 53.6. The van der Waals surface area contributed by atoms with Crippen LogP contribution >= 0.6 is 0 Å². The number of alkyl carbamates (subject to hydrolysis) is 2. The zero-order valence-corrected chi connectivity index (χ0v) is 23.8.